The number of allylic oxidation sites excluding steroid dienone is 2. The number of benzene rings is 1. The maximum Gasteiger partial charge on any atom is 0.306 e. The highest BCUT2D eigenvalue weighted by atomic mass is 16.5. The lowest BCUT2D eigenvalue weighted by Gasteiger charge is -2.25. The van der Waals surface area contributed by atoms with Crippen molar-refractivity contribution in [3.63, 3.8) is 0 Å². The van der Waals surface area contributed by atoms with Crippen LogP contribution in [0.25, 0.3) is 0 Å². The molecule has 1 aromatic rings. The number of carbonyl (C=O) groups excluding carboxylic acids is 3. The van der Waals surface area contributed by atoms with Gasteiger partial charge in [-0.1, -0.05) is 52.4 Å². The molecule has 1 aliphatic carbocycles. The lowest BCUT2D eigenvalue weighted by Crippen LogP contribution is -2.19. The van der Waals surface area contributed by atoms with Crippen LogP contribution in [0.1, 0.15) is 110 Å². The van der Waals surface area contributed by atoms with Crippen LogP contribution in [0.2, 0.25) is 0 Å². The Kier molecular flexibility index (Phi) is 10.4. The van der Waals surface area contributed by atoms with Gasteiger partial charge in [-0.15, -0.1) is 0 Å². The van der Waals surface area contributed by atoms with Crippen LogP contribution in [0, 0.1) is 0 Å². The van der Waals surface area contributed by atoms with Gasteiger partial charge in [0, 0.05) is 12.0 Å². The second-order valence-electron chi connectivity index (χ2n) is 8.15. The summed E-state index contributed by atoms with van der Waals surface area (Å²) in [5, 5.41) is 0. The molecule has 0 heterocycles. The lowest BCUT2D eigenvalue weighted by atomic mass is 9.88. The zero-order valence-electron chi connectivity index (χ0n) is 19.8. The third kappa shape index (κ3) is 6.44. The molecule has 0 spiro atoms. The van der Waals surface area contributed by atoms with Crippen molar-refractivity contribution in [1.82, 2.24) is 0 Å². The number of unbranched alkanes of at least 4 members (excludes halogenated alkanes) is 6. The van der Waals surface area contributed by atoms with Crippen LogP contribution in [0.4, 0.5) is 0 Å². The van der Waals surface area contributed by atoms with E-state index in [1.54, 1.807) is 6.07 Å². The van der Waals surface area contributed by atoms with E-state index in [1.165, 1.54) is 26.4 Å². The van der Waals surface area contributed by atoms with E-state index in [9.17, 15) is 14.4 Å². The Labute approximate surface area is 191 Å². The van der Waals surface area contributed by atoms with E-state index in [0.717, 1.165) is 51.4 Å². The lowest BCUT2D eigenvalue weighted by molar-refractivity contribution is -0.150. The van der Waals surface area contributed by atoms with E-state index in [4.69, 9.17) is 14.2 Å². The van der Waals surface area contributed by atoms with E-state index >= 15 is 0 Å². The molecular weight excluding hydrogens is 408 g/mol. The molecule has 32 heavy (non-hydrogen) atoms. The van der Waals surface area contributed by atoms with Crippen molar-refractivity contribution < 1.29 is 28.6 Å². The number of hydrogen-bond acceptors (Lipinski definition) is 6. The summed E-state index contributed by atoms with van der Waals surface area (Å²) in [5.74, 6) is -0.331. The fourth-order valence-electron chi connectivity index (χ4n) is 4.03. The van der Waals surface area contributed by atoms with Gasteiger partial charge in [0.05, 0.1) is 25.3 Å². The summed E-state index contributed by atoms with van der Waals surface area (Å²) in [5.41, 5.74) is 0.932. The number of ketones is 2. The predicted octanol–water partition coefficient (Wildman–Crippen LogP) is 6.16. The van der Waals surface area contributed by atoms with Crippen LogP contribution in [-0.4, -0.2) is 31.8 Å². The number of fused-ring (bicyclic) bond motifs is 1. The third-order valence-corrected chi connectivity index (χ3v) is 5.75. The zero-order valence-corrected chi connectivity index (χ0v) is 19.8. The van der Waals surface area contributed by atoms with Gasteiger partial charge in [-0.3, -0.25) is 14.4 Å². The highest BCUT2D eigenvalue weighted by molar-refractivity contribution is 6.24. The molecule has 0 radical (unpaired) electrons. The summed E-state index contributed by atoms with van der Waals surface area (Å²) in [6, 6.07) is 1.68. The molecule has 1 atom stereocenters. The summed E-state index contributed by atoms with van der Waals surface area (Å²) < 4.78 is 17.0. The normalized spacial score (nSPS) is 13.6. The maximum absolute atomic E-state index is 12.7. The fourth-order valence-corrected chi connectivity index (χ4v) is 4.03. The van der Waals surface area contributed by atoms with E-state index in [2.05, 4.69) is 13.8 Å². The summed E-state index contributed by atoms with van der Waals surface area (Å²) in [6.45, 7) is 4.27. The summed E-state index contributed by atoms with van der Waals surface area (Å²) in [6.07, 6.45) is 10.9. The molecule has 0 aliphatic heterocycles. The molecule has 0 aromatic heterocycles. The molecule has 1 unspecified atom stereocenters. The molecule has 0 saturated carbocycles. The molecule has 6 nitrogen and oxygen atoms in total. The van der Waals surface area contributed by atoms with Crippen molar-refractivity contribution in [2.75, 3.05) is 14.2 Å². The summed E-state index contributed by atoms with van der Waals surface area (Å²) in [7, 11) is 2.92. The number of esters is 1. The van der Waals surface area contributed by atoms with Crippen LogP contribution in [0.15, 0.2) is 18.2 Å². The minimum absolute atomic E-state index is 0.173. The van der Waals surface area contributed by atoms with Gasteiger partial charge < -0.3 is 14.2 Å². The monoisotopic (exact) mass is 444 g/mol. The topological polar surface area (TPSA) is 78.9 Å². The van der Waals surface area contributed by atoms with Gasteiger partial charge >= 0.3 is 5.97 Å². The van der Waals surface area contributed by atoms with Crippen molar-refractivity contribution in [3.8, 4) is 11.5 Å². The van der Waals surface area contributed by atoms with Crippen LogP contribution >= 0.6 is 0 Å². The number of methoxy groups -OCH3 is 2. The van der Waals surface area contributed by atoms with Gasteiger partial charge in [0.25, 0.3) is 0 Å². The standard InChI is InChI=1S/C26H36O6/c1-5-7-9-11-13-21(32-23(29)14-12-10-8-6-2)18-17-22(30-3)24-19(27)15-16-20(28)25(24)26(18)31-4/h15-17,21H,5-14H2,1-4H3. The molecular formula is C26H36O6. The van der Waals surface area contributed by atoms with Crippen LogP contribution in [-0.2, 0) is 9.53 Å². The second-order valence-corrected chi connectivity index (χ2v) is 8.15. The largest absolute Gasteiger partial charge is 0.496 e. The smallest absolute Gasteiger partial charge is 0.306 e. The van der Waals surface area contributed by atoms with Gasteiger partial charge in [0.15, 0.2) is 11.6 Å². The predicted molar refractivity (Wildman–Crippen MR) is 124 cm³/mol. The van der Waals surface area contributed by atoms with Crippen molar-refractivity contribution in [2.24, 2.45) is 0 Å². The number of rotatable bonds is 14. The van der Waals surface area contributed by atoms with Crippen LogP contribution in [0.3, 0.4) is 0 Å². The third-order valence-electron chi connectivity index (χ3n) is 5.75. The van der Waals surface area contributed by atoms with Crippen molar-refractivity contribution >= 4 is 17.5 Å². The molecule has 0 saturated heterocycles. The molecule has 0 fully saturated rings. The summed E-state index contributed by atoms with van der Waals surface area (Å²) >= 11 is 0. The number of ether oxygens (including phenoxy) is 3. The molecule has 6 heteroatoms. The average Bonchev–Trinajstić information content (AvgIpc) is 2.80. The van der Waals surface area contributed by atoms with E-state index in [0.29, 0.717) is 18.4 Å². The quantitative estimate of drug-likeness (QED) is 0.252. The molecule has 1 aliphatic rings. The Hall–Kier alpha value is -2.63. The maximum atomic E-state index is 12.7. The Morgan fingerprint density at radius 2 is 1.47 bits per heavy atom. The average molecular weight is 445 g/mol. The molecule has 0 N–H and O–H groups in total. The Morgan fingerprint density at radius 1 is 0.844 bits per heavy atom. The molecule has 0 bridgehead atoms. The van der Waals surface area contributed by atoms with E-state index in [1.807, 2.05) is 0 Å². The Morgan fingerprint density at radius 3 is 2.06 bits per heavy atom. The fraction of sp³-hybridized carbons (Fsp3) is 0.577. The zero-order chi connectivity index (χ0) is 23.5. The first-order valence-corrected chi connectivity index (χ1v) is 11.7. The van der Waals surface area contributed by atoms with Gasteiger partial charge in [0.1, 0.15) is 17.6 Å². The van der Waals surface area contributed by atoms with Crippen molar-refractivity contribution in [1.29, 1.82) is 0 Å². The second kappa shape index (κ2) is 13.0. The molecule has 2 rings (SSSR count). The minimum atomic E-state index is -0.575. The van der Waals surface area contributed by atoms with Crippen LogP contribution < -0.4 is 9.47 Å². The number of carbonyl (C=O) groups is 3. The van der Waals surface area contributed by atoms with Crippen molar-refractivity contribution in [3.05, 3.63) is 34.9 Å². The first-order chi connectivity index (χ1) is 15.5. The first kappa shape index (κ1) is 25.6. The van der Waals surface area contributed by atoms with Crippen LogP contribution in [0.5, 0.6) is 11.5 Å². The minimum Gasteiger partial charge on any atom is -0.496 e. The van der Waals surface area contributed by atoms with E-state index < -0.39 is 6.10 Å². The highest BCUT2D eigenvalue weighted by Crippen LogP contribution is 2.42. The molecule has 0 amide bonds. The van der Waals surface area contributed by atoms with Gasteiger partial charge in [-0.05, 0) is 37.5 Å². The van der Waals surface area contributed by atoms with E-state index in [-0.39, 0.29) is 40.2 Å². The first-order valence-electron chi connectivity index (χ1n) is 11.7. The van der Waals surface area contributed by atoms with Gasteiger partial charge in [-0.25, -0.2) is 0 Å². The van der Waals surface area contributed by atoms with Crippen molar-refractivity contribution in [2.45, 2.75) is 84.2 Å². The molecule has 1 aromatic carbocycles. The Balaban J connectivity index is 2.40. The highest BCUT2D eigenvalue weighted by Gasteiger charge is 2.33. The molecule has 176 valence electrons. The number of hydrogen-bond donors (Lipinski definition) is 0. The summed E-state index contributed by atoms with van der Waals surface area (Å²) in [4.78, 5) is 37.8. The Bertz CT molecular complexity index is 839. The SMILES string of the molecule is CCCCCCC(=O)OC(CCCCCC)c1cc(OC)c2c(c1OC)C(=O)C=CC2=O. The van der Waals surface area contributed by atoms with Gasteiger partial charge in [-0.2, -0.15) is 0 Å². The van der Waals surface area contributed by atoms with Gasteiger partial charge in [0.2, 0.25) is 0 Å².